The van der Waals surface area contributed by atoms with E-state index in [1.165, 1.54) is 6.26 Å². The van der Waals surface area contributed by atoms with Crippen LogP contribution in [0.4, 0.5) is 0 Å². The number of nitrogens with zero attached hydrogens (tertiary/aromatic N) is 2. The first kappa shape index (κ1) is 108. The summed E-state index contributed by atoms with van der Waals surface area (Å²) in [4.78, 5) is 4.81. The van der Waals surface area contributed by atoms with Gasteiger partial charge in [0.05, 0.1) is 37.6 Å². The van der Waals surface area contributed by atoms with E-state index in [9.17, 15) is 16.8 Å². The fourth-order valence-electron chi connectivity index (χ4n) is 4.95. The number of morpholine rings is 2. The van der Waals surface area contributed by atoms with E-state index < -0.39 is 20.0 Å². The molecule has 19 heteroatoms. The molecule has 4 aliphatic heterocycles. The van der Waals surface area contributed by atoms with Crippen molar-refractivity contribution in [3.8, 4) is 0 Å². The van der Waals surface area contributed by atoms with Gasteiger partial charge in [-0.15, -0.1) is 0 Å². The second-order valence-corrected chi connectivity index (χ2v) is 13.4. The van der Waals surface area contributed by atoms with Crippen molar-refractivity contribution < 1.29 is 185 Å². The molecular weight excluding hydrogens is 1540 g/mol. The predicted molar refractivity (Wildman–Crippen MR) is 285 cm³/mol. The van der Waals surface area contributed by atoms with Crippen molar-refractivity contribution in [3.05, 3.63) is 43.2 Å². The van der Waals surface area contributed by atoms with E-state index in [1.807, 2.05) is 179 Å². The summed E-state index contributed by atoms with van der Waals surface area (Å²) in [7, 11) is -6.70. The summed E-state index contributed by atoms with van der Waals surface area (Å²) < 4.78 is 74.0. The minimum Gasteiger partial charge on any atom is -0.384 e. The SMILES string of the molecule is CC.CC.CC.CC.CC.CC.CC.CC.CC.CC.CC.CC.CS(=O)(=O)NC1[CH-]C(N2CCOCC2)COC1.O=S(=O)(NC1[CH-]C(N2CCOCC2)COC1)c1ccccc1.[3HH].[3HH].[U].[U].[V].[Y].[Y]. The van der Waals surface area contributed by atoms with Crippen molar-refractivity contribution in [3.63, 3.8) is 0 Å². The predicted octanol–water partition coefficient (Wildman–Crippen LogP) is 11.9. The van der Waals surface area contributed by atoms with E-state index in [-0.39, 0.29) is 178 Å². The Hall–Kier alpha value is 3.70. The fourth-order valence-corrected chi connectivity index (χ4v) is 6.84. The molecule has 4 heterocycles. The molecular formula is C49H116N4O8S2U2VY2-2. The zero-order valence-electron chi connectivity index (χ0n) is 48.9. The number of sulfonamides is 2. The van der Waals surface area contributed by atoms with E-state index in [0.29, 0.717) is 39.6 Å². The van der Waals surface area contributed by atoms with Crippen LogP contribution < -0.4 is 9.44 Å². The van der Waals surface area contributed by atoms with Gasteiger partial charge < -0.3 is 28.7 Å². The Morgan fingerprint density at radius 2 is 0.735 bits per heavy atom. The minimum atomic E-state index is -3.52. The van der Waals surface area contributed by atoms with Crippen molar-refractivity contribution in [2.75, 3.05) is 85.3 Å². The molecule has 4 aliphatic rings. The molecule has 4 saturated heterocycles. The molecule has 0 bridgehead atoms. The molecule has 0 saturated carbocycles. The summed E-state index contributed by atoms with van der Waals surface area (Å²) in [6.45, 7) is 56.3. The number of benzene rings is 1. The molecule has 0 amide bonds. The quantitative estimate of drug-likeness (QED) is 0.254. The van der Waals surface area contributed by atoms with Crippen LogP contribution in [-0.4, -0.2) is 136 Å². The molecule has 4 fully saturated rings. The van der Waals surface area contributed by atoms with E-state index in [4.69, 9.17) is 18.9 Å². The largest absolute Gasteiger partial charge is 0.384 e. The zero-order chi connectivity index (χ0) is 51.7. The third-order valence-corrected chi connectivity index (χ3v) is 9.07. The topological polar surface area (TPSA) is 136 Å². The van der Waals surface area contributed by atoms with Crippen LogP contribution in [0.25, 0.3) is 0 Å². The van der Waals surface area contributed by atoms with Gasteiger partial charge in [-0.1, -0.05) is 209 Å². The maximum Gasteiger partial charge on any atom is 0.238 e. The summed E-state index contributed by atoms with van der Waals surface area (Å²) in [5.41, 5.74) is 0. The van der Waals surface area contributed by atoms with Gasteiger partial charge in [0.15, 0.2) is 0 Å². The smallest absolute Gasteiger partial charge is 0.238 e. The third-order valence-electron chi connectivity index (χ3n) is 6.84. The van der Waals surface area contributed by atoms with E-state index >= 15 is 0 Å². The van der Waals surface area contributed by atoms with Crippen molar-refractivity contribution in [2.24, 2.45) is 0 Å². The van der Waals surface area contributed by atoms with Crippen molar-refractivity contribution >= 4 is 20.0 Å². The molecule has 1 aromatic rings. The Morgan fingerprint density at radius 1 is 0.471 bits per heavy atom. The fraction of sp³-hybridized carbons (Fsp3) is 0.837. The van der Waals surface area contributed by atoms with Crippen LogP contribution in [0.15, 0.2) is 35.2 Å². The van der Waals surface area contributed by atoms with Crippen LogP contribution in [0.1, 0.15) is 169 Å². The van der Waals surface area contributed by atoms with Crippen molar-refractivity contribution in [1.82, 2.24) is 19.2 Å². The van der Waals surface area contributed by atoms with Gasteiger partial charge in [0.25, 0.3) is 0 Å². The van der Waals surface area contributed by atoms with Crippen LogP contribution in [0.3, 0.4) is 0 Å². The average Bonchev–Trinajstić information content (AvgIpc) is 3.39. The second-order valence-electron chi connectivity index (χ2n) is 9.93. The number of ether oxygens (including phenoxy) is 4. The number of hydrogen-bond acceptors (Lipinski definition) is 10. The summed E-state index contributed by atoms with van der Waals surface area (Å²) in [6.07, 6.45) is 5.23. The van der Waals surface area contributed by atoms with E-state index in [1.54, 1.807) is 30.3 Å². The first-order valence-electron chi connectivity index (χ1n) is 25.2. The average molecular weight is 1660 g/mol. The minimum absolute atomic E-state index is 0. The van der Waals surface area contributed by atoms with Crippen LogP contribution in [0.2, 0.25) is 0 Å². The van der Waals surface area contributed by atoms with Crippen molar-refractivity contribution in [1.29, 1.82) is 0 Å². The van der Waals surface area contributed by atoms with E-state index in [0.717, 1.165) is 39.4 Å². The molecule has 4 unspecified atom stereocenters. The maximum absolute atomic E-state index is 12.4. The number of nitrogens with one attached hydrogen (secondary N) is 2. The first-order valence-corrected chi connectivity index (χ1v) is 28.6. The monoisotopic (exact) mass is 1660 g/mol. The Labute approximate surface area is 540 Å². The summed E-state index contributed by atoms with van der Waals surface area (Å²) >= 11 is 0. The Morgan fingerprint density at radius 3 is 1.00 bits per heavy atom. The van der Waals surface area contributed by atoms with Gasteiger partial charge in [0.1, 0.15) is 0 Å². The third kappa shape index (κ3) is 64.0. The molecule has 12 nitrogen and oxygen atoms in total. The summed E-state index contributed by atoms with van der Waals surface area (Å²) in [5, 5.41) is 0. The molecule has 4 atom stereocenters. The van der Waals surface area contributed by atoms with Gasteiger partial charge in [-0.25, -0.2) is 26.3 Å². The zero-order valence-corrected chi connectivity index (χ0v) is 65.9. The molecule has 2 N–H and O–H groups in total. The Kier molecular flexibility index (Phi) is 143. The molecule has 413 valence electrons. The van der Waals surface area contributed by atoms with Gasteiger partial charge in [-0.2, -0.15) is 0 Å². The Bertz CT molecular complexity index is 1140. The van der Waals surface area contributed by atoms with Crippen LogP contribution in [0, 0.1) is 75.1 Å². The molecule has 0 aliphatic carbocycles. The standard InChI is InChI=1S/C15H21N2O4S.C10H19N2O4S.12C2H6.2U.V.2Y.2H2/c18-22(19,15-4-2-1-3-5-15)16-13-10-14(12-21-11-13)17-6-8-20-9-7-17;1-17(13,14)11-9-6-10(8-16-7-9)12-2-4-15-5-3-12;12*1-2;;;;;;;/h1-5,10,13-14,16H,6-9,11-12H2;6,9-11H,2-5,7-8H2,1H3;12*1-2H3;;;;;;2*1H/q2*-1;;;;;;;;;;;;;;;;;;;/i;;;;;;;;;;;;;;;;;;;2*1+2. The summed E-state index contributed by atoms with van der Waals surface area (Å²) in [5.74, 6) is 0. The molecule has 68 heavy (non-hydrogen) atoms. The second kappa shape index (κ2) is 90.2. The van der Waals surface area contributed by atoms with Crippen LogP contribution >= 0.6 is 0 Å². The molecule has 3 radical (unpaired) electrons. The number of rotatable bonds is 7. The number of hydrogen-bond donors (Lipinski definition) is 2. The maximum atomic E-state index is 12.4. The molecule has 5 rings (SSSR count). The van der Waals surface area contributed by atoms with Gasteiger partial charge in [-0.05, 0) is 12.1 Å². The summed E-state index contributed by atoms with van der Waals surface area (Å²) in [6, 6.07) is 8.16. The normalized spacial score (nSPS) is 18.1. The van der Waals surface area contributed by atoms with Crippen molar-refractivity contribution in [2.45, 2.75) is 195 Å². The first-order chi connectivity index (χ1) is 30.7. The van der Waals surface area contributed by atoms with Gasteiger partial charge >= 0.3 is 0 Å². The van der Waals surface area contributed by atoms with Gasteiger partial charge in [0.2, 0.25) is 20.0 Å². The molecule has 0 aromatic heterocycles. The van der Waals surface area contributed by atoms with Gasteiger partial charge in [0, 0.05) is 202 Å². The van der Waals surface area contributed by atoms with Gasteiger partial charge in [-0.3, -0.25) is 12.8 Å². The molecule has 1 aromatic carbocycles. The van der Waals surface area contributed by atoms with E-state index in [2.05, 4.69) is 19.2 Å². The molecule has 0 spiro atoms. The van der Waals surface area contributed by atoms with Crippen LogP contribution in [0.5, 0.6) is 0 Å². The Balaban J connectivity index is -0.0000000392. The van der Waals surface area contributed by atoms with Crippen LogP contribution in [-0.2, 0) is 123 Å².